The van der Waals surface area contributed by atoms with Gasteiger partial charge in [-0.15, -0.1) is 0 Å². The quantitative estimate of drug-likeness (QED) is 0.765. The summed E-state index contributed by atoms with van der Waals surface area (Å²) in [5.41, 5.74) is 14.1. The van der Waals surface area contributed by atoms with Crippen molar-refractivity contribution in [3.05, 3.63) is 23.4 Å². The van der Waals surface area contributed by atoms with E-state index in [0.717, 1.165) is 23.5 Å². The van der Waals surface area contributed by atoms with Crippen LogP contribution in [0.1, 0.15) is 36.4 Å². The highest BCUT2D eigenvalue weighted by Gasteiger charge is 2.26. The Hall–Kier alpha value is -1.09. The molecule has 0 aliphatic heterocycles. The van der Waals surface area contributed by atoms with Crippen molar-refractivity contribution < 1.29 is 0 Å². The third-order valence-corrected chi connectivity index (χ3v) is 2.89. The highest BCUT2D eigenvalue weighted by atomic mass is 14.8. The number of rotatable bonds is 3. The Morgan fingerprint density at radius 1 is 1.57 bits per heavy atom. The zero-order chi connectivity index (χ0) is 10.1. The standard InChI is InChI=1S/C11H17N3/c1-7-4-5-14-11(13)10(7)9(12)6-8-2-3-8/h4-5,8-9H,2-3,6,12H2,1H3,(H2,13,14). The molecule has 1 fully saturated rings. The number of hydrogen-bond acceptors (Lipinski definition) is 3. The molecule has 0 aromatic carbocycles. The van der Waals surface area contributed by atoms with E-state index in [9.17, 15) is 0 Å². The molecule has 2 rings (SSSR count). The molecule has 1 saturated carbocycles. The predicted octanol–water partition coefficient (Wildman–Crippen LogP) is 1.77. The minimum atomic E-state index is 0.0659. The molecule has 4 N–H and O–H groups in total. The van der Waals surface area contributed by atoms with Crippen LogP contribution in [0.2, 0.25) is 0 Å². The molecule has 3 heteroatoms. The zero-order valence-corrected chi connectivity index (χ0v) is 8.53. The summed E-state index contributed by atoms with van der Waals surface area (Å²) in [4.78, 5) is 4.09. The Labute approximate surface area is 84.5 Å². The Morgan fingerprint density at radius 2 is 2.29 bits per heavy atom. The highest BCUT2D eigenvalue weighted by molar-refractivity contribution is 5.45. The van der Waals surface area contributed by atoms with Crippen molar-refractivity contribution in [2.45, 2.75) is 32.2 Å². The topological polar surface area (TPSA) is 64.9 Å². The van der Waals surface area contributed by atoms with E-state index >= 15 is 0 Å². The van der Waals surface area contributed by atoms with E-state index in [4.69, 9.17) is 11.5 Å². The molecule has 0 bridgehead atoms. The van der Waals surface area contributed by atoms with Gasteiger partial charge < -0.3 is 11.5 Å². The molecule has 76 valence electrons. The first-order chi connectivity index (χ1) is 6.68. The lowest BCUT2D eigenvalue weighted by molar-refractivity contribution is 0.594. The molecule has 1 unspecified atom stereocenters. The highest BCUT2D eigenvalue weighted by Crippen LogP contribution is 2.38. The van der Waals surface area contributed by atoms with Crippen LogP contribution in [0.25, 0.3) is 0 Å². The fourth-order valence-electron chi connectivity index (χ4n) is 1.90. The molecule has 1 heterocycles. The third kappa shape index (κ3) is 1.87. The van der Waals surface area contributed by atoms with Crippen LogP contribution in [0, 0.1) is 12.8 Å². The Balaban J connectivity index is 2.19. The maximum absolute atomic E-state index is 6.12. The Bertz CT molecular complexity index is 311. The fourth-order valence-corrected chi connectivity index (χ4v) is 1.90. The fraction of sp³-hybridized carbons (Fsp3) is 0.545. The van der Waals surface area contributed by atoms with E-state index in [1.165, 1.54) is 12.8 Å². The summed E-state index contributed by atoms with van der Waals surface area (Å²) >= 11 is 0. The summed E-state index contributed by atoms with van der Waals surface area (Å²) in [5.74, 6) is 1.42. The average molecular weight is 191 g/mol. The minimum absolute atomic E-state index is 0.0659. The molecule has 0 saturated heterocycles. The van der Waals surface area contributed by atoms with E-state index in [0.29, 0.717) is 5.82 Å². The van der Waals surface area contributed by atoms with Crippen LogP contribution in [0.3, 0.4) is 0 Å². The molecule has 14 heavy (non-hydrogen) atoms. The molecule has 0 spiro atoms. The number of nitrogens with two attached hydrogens (primary N) is 2. The first-order valence-corrected chi connectivity index (χ1v) is 5.15. The molecule has 1 aliphatic rings. The van der Waals surface area contributed by atoms with Crippen molar-refractivity contribution in [3.63, 3.8) is 0 Å². The van der Waals surface area contributed by atoms with Crippen LogP contribution in [0.15, 0.2) is 12.3 Å². The first kappa shape index (κ1) is 9.46. The molecule has 0 radical (unpaired) electrons. The van der Waals surface area contributed by atoms with Gasteiger partial charge in [0, 0.05) is 17.8 Å². The third-order valence-electron chi connectivity index (χ3n) is 2.89. The number of aromatic nitrogens is 1. The second-order valence-electron chi connectivity index (χ2n) is 4.21. The van der Waals surface area contributed by atoms with E-state index < -0.39 is 0 Å². The maximum Gasteiger partial charge on any atom is 0.128 e. The second kappa shape index (κ2) is 3.58. The number of nitrogen functional groups attached to an aromatic ring is 1. The van der Waals surface area contributed by atoms with Gasteiger partial charge in [-0.2, -0.15) is 0 Å². The summed E-state index contributed by atoms with van der Waals surface area (Å²) in [6.45, 7) is 2.04. The van der Waals surface area contributed by atoms with Gasteiger partial charge in [0.25, 0.3) is 0 Å². The van der Waals surface area contributed by atoms with Crippen LogP contribution in [0.5, 0.6) is 0 Å². The van der Waals surface area contributed by atoms with Gasteiger partial charge in [-0.3, -0.25) is 0 Å². The van der Waals surface area contributed by atoms with Crippen molar-refractivity contribution in [3.8, 4) is 0 Å². The van der Waals surface area contributed by atoms with E-state index in [2.05, 4.69) is 4.98 Å². The smallest absolute Gasteiger partial charge is 0.128 e. The molecular formula is C11H17N3. The SMILES string of the molecule is Cc1ccnc(N)c1C(N)CC1CC1. The van der Waals surface area contributed by atoms with Gasteiger partial charge in [-0.25, -0.2) is 4.98 Å². The molecule has 3 nitrogen and oxygen atoms in total. The minimum Gasteiger partial charge on any atom is -0.383 e. The lowest BCUT2D eigenvalue weighted by Gasteiger charge is -2.15. The van der Waals surface area contributed by atoms with Crippen LogP contribution < -0.4 is 11.5 Å². The lowest BCUT2D eigenvalue weighted by atomic mass is 9.99. The normalized spacial score (nSPS) is 18.1. The monoisotopic (exact) mass is 191 g/mol. The average Bonchev–Trinajstić information content (AvgIpc) is 2.87. The van der Waals surface area contributed by atoms with Crippen LogP contribution in [-0.2, 0) is 0 Å². The van der Waals surface area contributed by atoms with Gasteiger partial charge in [-0.1, -0.05) is 12.8 Å². The first-order valence-electron chi connectivity index (χ1n) is 5.15. The summed E-state index contributed by atoms with van der Waals surface area (Å²) in [7, 11) is 0. The zero-order valence-electron chi connectivity index (χ0n) is 8.53. The Kier molecular flexibility index (Phi) is 2.42. The number of nitrogens with zero attached hydrogens (tertiary/aromatic N) is 1. The lowest BCUT2D eigenvalue weighted by Crippen LogP contribution is -2.15. The van der Waals surface area contributed by atoms with Crippen molar-refractivity contribution in [1.82, 2.24) is 4.98 Å². The molecular weight excluding hydrogens is 174 g/mol. The van der Waals surface area contributed by atoms with Crippen molar-refractivity contribution in [2.75, 3.05) is 5.73 Å². The van der Waals surface area contributed by atoms with Crippen molar-refractivity contribution >= 4 is 5.82 Å². The largest absolute Gasteiger partial charge is 0.383 e. The van der Waals surface area contributed by atoms with Gasteiger partial charge in [0.05, 0.1) is 0 Å². The number of pyridine rings is 1. The molecule has 1 aromatic heterocycles. The van der Waals surface area contributed by atoms with Gasteiger partial charge in [0.2, 0.25) is 0 Å². The summed E-state index contributed by atoms with van der Waals surface area (Å²) in [5, 5.41) is 0. The van der Waals surface area contributed by atoms with Gasteiger partial charge in [0.1, 0.15) is 5.82 Å². The van der Waals surface area contributed by atoms with Gasteiger partial charge >= 0.3 is 0 Å². The van der Waals surface area contributed by atoms with Crippen LogP contribution in [-0.4, -0.2) is 4.98 Å². The number of hydrogen-bond donors (Lipinski definition) is 2. The van der Waals surface area contributed by atoms with Crippen LogP contribution >= 0.6 is 0 Å². The molecule has 1 atom stereocenters. The van der Waals surface area contributed by atoms with Gasteiger partial charge in [0.15, 0.2) is 0 Å². The number of aryl methyl sites for hydroxylation is 1. The summed E-state index contributed by atoms with van der Waals surface area (Å²) < 4.78 is 0. The summed E-state index contributed by atoms with van der Waals surface area (Å²) in [6, 6.07) is 2.04. The Morgan fingerprint density at radius 3 is 2.86 bits per heavy atom. The molecule has 1 aliphatic carbocycles. The van der Waals surface area contributed by atoms with E-state index in [1.807, 2.05) is 13.0 Å². The molecule has 0 amide bonds. The van der Waals surface area contributed by atoms with Crippen molar-refractivity contribution in [1.29, 1.82) is 0 Å². The summed E-state index contributed by atoms with van der Waals surface area (Å²) in [6.07, 6.45) is 5.44. The second-order valence-corrected chi connectivity index (χ2v) is 4.21. The van der Waals surface area contributed by atoms with Gasteiger partial charge in [-0.05, 0) is 30.9 Å². The predicted molar refractivity (Wildman–Crippen MR) is 57.7 cm³/mol. The van der Waals surface area contributed by atoms with E-state index in [1.54, 1.807) is 6.20 Å². The number of anilines is 1. The van der Waals surface area contributed by atoms with E-state index in [-0.39, 0.29) is 6.04 Å². The maximum atomic E-state index is 6.12. The van der Waals surface area contributed by atoms with Crippen LogP contribution in [0.4, 0.5) is 5.82 Å². The molecule has 1 aromatic rings. The van der Waals surface area contributed by atoms with Crippen molar-refractivity contribution in [2.24, 2.45) is 11.7 Å².